The van der Waals surface area contributed by atoms with Gasteiger partial charge in [0.25, 0.3) is 0 Å². The average molecular weight is 478 g/mol. The van der Waals surface area contributed by atoms with Gasteiger partial charge in [-0.2, -0.15) is 39.5 Å². The Morgan fingerprint density at radius 3 is 1.29 bits per heavy atom. The summed E-state index contributed by atoms with van der Waals surface area (Å²) in [5.74, 6) is -10.6. The molecule has 0 aliphatic carbocycles. The van der Waals surface area contributed by atoms with Gasteiger partial charge in [-0.25, -0.2) is 19.2 Å². The smallest absolute Gasteiger partial charge is 0.455 e. The number of alkyl halides is 9. The maximum absolute atomic E-state index is 12.4. The summed E-state index contributed by atoms with van der Waals surface area (Å²) in [5.41, 5.74) is -0.514. The van der Waals surface area contributed by atoms with Crippen LogP contribution in [-0.4, -0.2) is 67.8 Å². The van der Waals surface area contributed by atoms with Crippen LogP contribution in [0.2, 0.25) is 0 Å². The molecule has 0 fully saturated rings. The molecule has 0 heterocycles. The summed E-state index contributed by atoms with van der Waals surface area (Å²) in [6.45, 7) is 0.340. The molecular weight excluding hydrogens is 467 g/mol. The minimum Gasteiger partial charge on any atom is -0.455 e. The Kier molecular flexibility index (Phi) is 9.34. The van der Waals surface area contributed by atoms with Gasteiger partial charge in [-0.1, -0.05) is 6.58 Å². The first-order chi connectivity index (χ1) is 13.8. The molecule has 0 aromatic rings. The normalized spacial score (nSPS) is 14.1. The van der Waals surface area contributed by atoms with Crippen molar-refractivity contribution < 1.29 is 77.6 Å². The van der Waals surface area contributed by atoms with Gasteiger partial charge in [-0.15, -0.1) is 0 Å². The zero-order valence-electron chi connectivity index (χ0n) is 14.9. The van der Waals surface area contributed by atoms with E-state index in [4.69, 9.17) is 0 Å². The summed E-state index contributed by atoms with van der Waals surface area (Å²) in [6, 6.07) is 0. The van der Waals surface area contributed by atoms with Gasteiger partial charge in [-0.05, 0) is 6.92 Å². The summed E-state index contributed by atoms with van der Waals surface area (Å²) in [7, 11) is 0. The summed E-state index contributed by atoms with van der Waals surface area (Å²) in [4.78, 5) is 44.0. The zero-order valence-corrected chi connectivity index (χ0v) is 14.9. The lowest BCUT2D eigenvalue weighted by Crippen LogP contribution is -2.46. The van der Waals surface area contributed by atoms with E-state index in [1.165, 1.54) is 0 Å². The third-order valence-electron chi connectivity index (χ3n) is 2.73. The Morgan fingerprint density at radius 2 is 1.00 bits per heavy atom. The fourth-order valence-electron chi connectivity index (χ4n) is 1.36. The quantitative estimate of drug-likeness (QED) is 0.226. The van der Waals surface area contributed by atoms with Crippen LogP contribution in [0, 0.1) is 0 Å². The van der Waals surface area contributed by atoms with Crippen molar-refractivity contribution in [2.24, 2.45) is 0 Å². The SMILES string of the molecule is C=C(C)C(=O)OC(COC(=O)C(F)(F)F)C(COC(=O)C(F)(F)F)OC(=O)C(F)(F)F. The van der Waals surface area contributed by atoms with Crippen LogP contribution in [0.5, 0.6) is 0 Å². The molecule has 0 rings (SSSR count). The van der Waals surface area contributed by atoms with Crippen molar-refractivity contribution in [3.05, 3.63) is 12.2 Å². The fraction of sp³-hybridized carbons (Fsp3) is 0.571. The van der Waals surface area contributed by atoms with Crippen LogP contribution in [0.4, 0.5) is 39.5 Å². The van der Waals surface area contributed by atoms with Crippen LogP contribution in [0.1, 0.15) is 6.92 Å². The number of hydrogen-bond acceptors (Lipinski definition) is 8. The van der Waals surface area contributed by atoms with Crippen molar-refractivity contribution in [3.8, 4) is 0 Å². The Bertz CT molecular complexity index is 708. The monoisotopic (exact) mass is 478 g/mol. The molecule has 0 N–H and O–H groups in total. The van der Waals surface area contributed by atoms with Gasteiger partial charge in [0.05, 0.1) is 0 Å². The first-order valence-corrected chi connectivity index (χ1v) is 7.39. The molecule has 0 aromatic heterocycles. The third-order valence-corrected chi connectivity index (χ3v) is 2.73. The average Bonchev–Trinajstić information content (AvgIpc) is 2.58. The lowest BCUT2D eigenvalue weighted by molar-refractivity contribution is -0.224. The number of hydrogen-bond donors (Lipinski definition) is 0. The predicted octanol–water partition coefficient (Wildman–Crippen LogP) is 2.16. The van der Waals surface area contributed by atoms with Gasteiger partial charge in [0.15, 0.2) is 12.2 Å². The van der Waals surface area contributed by atoms with E-state index in [2.05, 4.69) is 25.5 Å². The van der Waals surface area contributed by atoms with Crippen molar-refractivity contribution >= 4 is 23.9 Å². The van der Waals surface area contributed by atoms with Crippen molar-refractivity contribution in [1.29, 1.82) is 0 Å². The number of carbonyl (C=O) groups is 4. The van der Waals surface area contributed by atoms with E-state index in [1.807, 2.05) is 0 Å². The Balaban J connectivity index is 5.81. The number of esters is 4. The fourth-order valence-corrected chi connectivity index (χ4v) is 1.36. The standard InChI is InChI=1S/C14H11F9O8/c1-5(2)8(24)30-6(3-28-9(25)12(15,16)17)7(31-11(27)14(21,22)23)4-29-10(26)13(18,19)20/h6-7H,1,3-4H2,2H3. The second-order valence-electron chi connectivity index (χ2n) is 5.36. The second kappa shape index (κ2) is 10.3. The van der Waals surface area contributed by atoms with Crippen LogP contribution >= 0.6 is 0 Å². The van der Waals surface area contributed by atoms with Gasteiger partial charge in [0.2, 0.25) is 0 Å². The van der Waals surface area contributed by atoms with Gasteiger partial charge in [-0.3, -0.25) is 0 Å². The minimum absolute atomic E-state index is 0.514. The highest BCUT2D eigenvalue weighted by Gasteiger charge is 2.47. The molecule has 17 heteroatoms. The van der Waals surface area contributed by atoms with Crippen LogP contribution in [0.3, 0.4) is 0 Å². The molecule has 2 atom stereocenters. The summed E-state index contributed by atoms with van der Waals surface area (Å²) in [6.07, 6.45) is -22.4. The highest BCUT2D eigenvalue weighted by atomic mass is 19.4. The maximum Gasteiger partial charge on any atom is 0.490 e. The van der Waals surface area contributed by atoms with E-state index >= 15 is 0 Å². The second-order valence-corrected chi connectivity index (χ2v) is 5.36. The molecular formula is C14H11F9O8. The highest BCUT2D eigenvalue weighted by molar-refractivity contribution is 5.87. The van der Waals surface area contributed by atoms with Gasteiger partial charge in [0, 0.05) is 5.57 Å². The molecule has 0 saturated carbocycles. The molecule has 178 valence electrons. The van der Waals surface area contributed by atoms with Crippen LogP contribution in [0.15, 0.2) is 12.2 Å². The van der Waals surface area contributed by atoms with Gasteiger partial charge >= 0.3 is 42.4 Å². The first kappa shape index (κ1) is 28.0. The number of ether oxygens (including phenoxy) is 4. The van der Waals surface area contributed by atoms with E-state index in [0.717, 1.165) is 6.92 Å². The topological polar surface area (TPSA) is 105 Å². The third kappa shape index (κ3) is 10.0. The number of carbonyl (C=O) groups excluding carboxylic acids is 4. The first-order valence-electron chi connectivity index (χ1n) is 7.39. The molecule has 0 aromatic carbocycles. The highest BCUT2D eigenvalue weighted by Crippen LogP contribution is 2.22. The Hall–Kier alpha value is -3.01. The molecule has 0 saturated heterocycles. The Morgan fingerprint density at radius 1 is 0.677 bits per heavy atom. The molecule has 0 bridgehead atoms. The van der Waals surface area contributed by atoms with Gasteiger partial charge < -0.3 is 18.9 Å². The van der Waals surface area contributed by atoms with Gasteiger partial charge in [0.1, 0.15) is 13.2 Å². The van der Waals surface area contributed by atoms with Crippen molar-refractivity contribution in [1.82, 2.24) is 0 Å². The summed E-state index contributed by atoms with van der Waals surface area (Å²) in [5, 5.41) is 0. The van der Waals surface area contributed by atoms with E-state index < -0.39 is 73.4 Å². The molecule has 0 spiro atoms. The van der Waals surface area contributed by atoms with E-state index in [-0.39, 0.29) is 0 Å². The van der Waals surface area contributed by atoms with Crippen molar-refractivity contribution in [2.75, 3.05) is 13.2 Å². The molecule has 8 nitrogen and oxygen atoms in total. The largest absolute Gasteiger partial charge is 0.490 e. The molecule has 0 aliphatic heterocycles. The van der Waals surface area contributed by atoms with E-state index in [0.29, 0.717) is 0 Å². The maximum atomic E-state index is 12.4. The predicted molar refractivity (Wildman–Crippen MR) is 74.7 cm³/mol. The van der Waals surface area contributed by atoms with Crippen LogP contribution < -0.4 is 0 Å². The number of halogens is 9. The minimum atomic E-state index is -5.77. The van der Waals surface area contributed by atoms with E-state index in [1.54, 1.807) is 0 Å². The molecule has 2 unspecified atom stereocenters. The zero-order chi connectivity index (χ0) is 24.8. The van der Waals surface area contributed by atoms with Crippen molar-refractivity contribution in [2.45, 2.75) is 37.7 Å². The van der Waals surface area contributed by atoms with Crippen molar-refractivity contribution in [3.63, 3.8) is 0 Å². The van der Waals surface area contributed by atoms with Crippen LogP contribution in [-0.2, 0) is 38.1 Å². The van der Waals surface area contributed by atoms with E-state index in [9.17, 15) is 58.7 Å². The lowest BCUT2D eigenvalue weighted by atomic mass is 10.2. The van der Waals surface area contributed by atoms with Crippen LogP contribution in [0.25, 0.3) is 0 Å². The molecule has 31 heavy (non-hydrogen) atoms. The number of rotatable bonds is 8. The summed E-state index contributed by atoms with van der Waals surface area (Å²) >= 11 is 0. The molecule has 0 radical (unpaired) electrons. The molecule has 0 amide bonds. The Labute approximate surface area is 165 Å². The lowest BCUT2D eigenvalue weighted by Gasteiger charge is -2.27. The summed E-state index contributed by atoms with van der Waals surface area (Å²) < 4.78 is 126. The molecule has 0 aliphatic rings.